The average Bonchev–Trinajstić information content (AvgIpc) is 2.51. The molecular formula is C11H22N4. The molecule has 1 heterocycles. The van der Waals surface area contributed by atoms with Crippen molar-refractivity contribution in [1.29, 1.82) is 0 Å². The lowest BCUT2D eigenvalue weighted by Gasteiger charge is -2.21. The minimum Gasteiger partial charge on any atom is -0.340 e. The highest BCUT2D eigenvalue weighted by molar-refractivity contribution is 5.03. The van der Waals surface area contributed by atoms with Crippen LogP contribution in [0.5, 0.6) is 0 Å². The molecule has 4 nitrogen and oxygen atoms in total. The first-order valence-electron chi connectivity index (χ1n) is 5.36. The van der Waals surface area contributed by atoms with Gasteiger partial charge in [-0.3, -0.25) is 11.3 Å². The second kappa shape index (κ2) is 4.77. The second-order valence-electron chi connectivity index (χ2n) is 5.28. The van der Waals surface area contributed by atoms with E-state index < -0.39 is 0 Å². The third kappa shape index (κ3) is 4.01. The first-order chi connectivity index (χ1) is 6.92. The third-order valence-electron chi connectivity index (χ3n) is 2.47. The Morgan fingerprint density at radius 1 is 1.53 bits per heavy atom. The van der Waals surface area contributed by atoms with Crippen LogP contribution < -0.4 is 11.3 Å². The van der Waals surface area contributed by atoms with Gasteiger partial charge < -0.3 is 4.57 Å². The van der Waals surface area contributed by atoms with Crippen molar-refractivity contribution in [3.8, 4) is 0 Å². The Labute approximate surface area is 91.8 Å². The van der Waals surface area contributed by atoms with Gasteiger partial charge >= 0.3 is 0 Å². The lowest BCUT2D eigenvalue weighted by molar-refractivity contribution is 0.331. The summed E-state index contributed by atoms with van der Waals surface area (Å²) in [5.74, 6) is 5.54. The summed E-state index contributed by atoms with van der Waals surface area (Å²) < 4.78 is 1.94. The predicted octanol–water partition coefficient (Wildman–Crippen LogP) is 1.75. The zero-order valence-electron chi connectivity index (χ0n) is 10.1. The van der Waals surface area contributed by atoms with E-state index in [0.29, 0.717) is 5.41 Å². The number of rotatable bonds is 4. The van der Waals surface area contributed by atoms with Crippen LogP contribution in [0, 0.1) is 5.41 Å². The normalized spacial score (nSPS) is 14.2. The molecule has 1 aromatic heterocycles. The summed E-state index contributed by atoms with van der Waals surface area (Å²) in [7, 11) is 1.97. The van der Waals surface area contributed by atoms with Crippen LogP contribution in [-0.2, 0) is 7.05 Å². The van der Waals surface area contributed by atoms with Crippen LogP contribution >= 0.6 is 0 Å². The molecule has 0 aliphatic rings. The standard InChI is InChI=1S/C11H22N4/c1-11(2,3)6-5-9(14-12)10-7-15(4)8-13-10/h7-9,14H,5-6,12H2,1-4H3. The van der Waals surface area contributed by atoms with Crippen LogP contribution in [0.2, 0.25) is 0 Å². The van der Waals surface area contributed by atoms with Crippen LogP contribution in [-0.4, -0.2) is 9.55 Å². The summed E-state index contributed by atoms with van der Waals surface area (Å²) in [4.78, 5) is 4.31. The zero-order valence-corrected chi connectivity index (χ0v) is 10.1. The molecule has 1 unspecified atom stereocenters. The van der Waals surface area contributed by atoms with Crippen molar-refractivity contribution in [2.75, 3.05) is 0 Å². The minimum absolute atomic E-state index is 0.158. The molecule has 0 radical (unpaired) electrons. The lowest BCUT2D eigenvalue weighted by atomic mass is 9.88. The first kappa shape index (κ1) is 12.2. The van der Waals surface area contributed by atoms with Crippen LogP contribution in [0.1, 0.15) is 45.3 Å². The van der Waals surface area contributed by atoms with E-state index in [1.165, 1.54) is 0 Å². The van der Waals surface area contributed by atoms with E-state index in [1.54, 1.807) is 6.33 Å². The fraction of sp³-hybridized carbons (Fsp3) is 0.727. The van der Waals surface area contributed by atoms with Crippen molar-refractivity contribution in [3.63, 3.8) is 0 Å². The number of nitrogens with two attached hydrogens (primary N) is 1. The highest BCUT2D eigenvalue weighted by Crippen LogP contribution is 2.26. The molecule has 0 spiro atoms. The van der Waals surface area contributed by atoms with Crippen LogP contribution in [0.25, 0.3) is 0 Å². The molecule has 0 aliphatic heterocycles. The second-order valence-corrected chi connectivity index (χ2v) is 5.28. The van der Waals surface area contributed by atoms with Crippen molar-refractivity contribution in [2.45, 2.75) is 39.7 Å². The summed E-state index contributed by atoms with van der Waals surface area (Å²) in [5, 5.41) is 0. The maximum Gasteiger partial charge on any atom is 0.0947 e. The van der Waals surface area contributed by atoms with E-state index in [9.17, 15) is 0 Å². The molecule has 1 aromatic rings. The molecule has 0 amide bonds. The van der Waals surface area contributed by atoms with Gasteiger partial charge in [0.1, 0.15) is 0 Å². The largest absolute Gasteiger partial charge is 0.340 e. The summed E-state index contributed by atoms with van der Waals surface area (Å²) >= 11 is 0. The molecule has 0 bridgehead atoms. The summed E-state index contributed by atoms with van der Waals surface area (Å²) in [6, 6.07) is 0.158. The Morgan fingerprint density at radius 2 is 2.20 bits per heavy atom. The number of hydrazine groups is 1. The third-order valence-corrected chi connectivity index (χ3v) is 2.47. The van der Waals surface area contributed by atoms with Gasteiger partial charge in [-0.25, -0.2) is 4.98 Å². The Bertz CT molecular complexity index is 298. The summed E-state index contributed by atoms with van der Waals surface area (Å²) in [6.45, 7) is 6.71. The number of aryl methyl sites for hydroxylation is 1. The lowest BCUT2D eigenvalue weighted by Crippen LogP contribution is -2.29. The van der Waals surface area contributed by atoms with E-state index >= 15 is 0 Å². The maximum absolute atomic E-state index is 5.54. The molecule has 3 N–H and O–H groups in total. The fourth-order valence-corrected chi connectivity index (χ4v) is 1.51. The van der Waals surface area contributed by atoms with Gasteiger partial charge in [0.25, 0.3) is 0 Å². The maximum atomic E-state index is 5.54. The smallest absolute Gasteiger partial charge is 0.0947 e. The van der Waals surface area contributed by atoms with E-state index in [2.05, 4.69) is 31.2 Å². The topological polar surface area (TPSA) is 55.9 Å². The zero-order chi connectivity index (χ0) is 11.5. The van der Waals surface area contributed by atoms with Crippen LogP contribution in [0.4, 0.5) is 0 Å². The molecule has 0 saturated heterocycles. The Balaban J connectivity index is 2.57. The number of nitrogens with zero attached hydrogens (tertiary/aromatic N) is 2. The van der Waals surface area contributed by atoms with Crippen molar-refractivity contribution in [3.05, 3.63) is 18.2 Å². The summed E-state index contributed by atoms with van der Waals surface area (Å²) in [6.07, 6.45) is 5.94. The highest BCUT2D eigenvalue weighted by atomic mass is 15.2. The molecule has 0 saturated carbocycles. The van der Waals surface area contributed by atoms with E-state index in [4.69, 9.17) is 5.84 Å². The Morgan fingerprint density at radius 3 is 2.60 bits per heavy atom. The van der Waals surface area contributed by atoms with Crippen LogP contribution in [0.15, 0.2) is 12.5 Å². The molecular weight excluding hydrogens is 188 g/mol. The van der Waals surface area contributed by atoms with Gasteiger partial charge in [0.05, 0.1) is 18.1 Å². The van der Waals surface area contributed by atoms with E-state index in [1.807, 2.05) is 17.8 Å². The molecule has 1 rings (SSSR count). The first-order valence-corrected chi connectivity index (χ1v) is 5.36. The number of aromatic nitrogens is 2. The highest BCUT2D eigenvalue weighted by Gasteiger charge is 2.17. The number of hydrogen-bond donors (Lipinski definition) is 2. The molecule has 0 aliphatic carbocycles. The van der Waals surface area contributed by atoms with Gasteiger partial charge in [-0.05, 0) is 18.3 Å². The van der Waals surface area contributed by atoms with Gasteiger partial charge in [-0.2, -0.15) is 0 Å². The predicted molar refractivity (Wildman–Crippen MR) is 62.0 cm³/mol. The molecule has 4 heteroatoms. The van der Waals surface area contributed by atoms with Crippen molar-refractivity contribution >= 4 is 0 Å². The van der Waals surface area contributed by atoms with Crippen LogP contribution in [0.3, 0.4) is 0 Å². The quantitative estimate of drug-likeness (QED) is 0.588. The van der Waals surface area contributed by atoms with Crippen molar-refractivity contribution in [2.24, 2.45) is 18.3 Å². The van der Waals surface area contributed by atoms with E-state index in [-0.39, 0.29) is 6.04 Å². The van der Waals surface area contributed by atoms with Gasteiger partial charge in [0, 0.05) is 13.2 Å². The molecule has 86 valence electrons. The number of imidazole rings is 1. The monoisotopic (exact) mass is 210 g/mol. The minimum atomic E-state index is 0.158. The Kier molecular flexibility index (Phi) is 3.88. The van der Waals surface area contributed by atoms with Gasteiger partial charge in [0.15, 0.2) is 0 Å². The molecule has 15 heavy (non-hydrogen) atoms. The SMILES string of the molecule is Cn1cnc(C(CCC(C)(C)C)NN)c1. The van der Waals surface area contributed by atoms with Gasteiger partial charge in [-0.1, -0.05) is 20.8 Å². The van der Waals surface area contributed by atoms with Gasteiger partial charge in [0.2, 0.25) is 0 Å². The molecule has 1 atom stereocenters. The summed E-state index contributed by atoms with van der Waals surface area (Å²) in [5.41, 5.74) is 4.18. The molecule has 0 fully saturated rings. The molecule has 0 aromatic carbocycles. The Hall–Kier alpha value is -0.870. The fourth-order valence-electron chi connectivity index (χ4n) is 1.51. The number of nitrogens with one attached hydrogen (secondary N) is 1. The number of hydrogen-bond acceptors (Lipinski definition) is 3. The van der Waals surface area contributed by atoms with Crippen molar-refractivity contribution in [1.82, 2.24) is 15.0 Å². The van der Waals surface area contributed by atoms with Crippen molar-refractivity contribution < 1.29 is 0 Å². The van der Waals surface area contributed by atoms with E-state index in [0.717, 1.165) is 18.5 Å². The average molecular weight is 210 g/mol. The van der Waals surface area contributed by atoms with Gasteiger partial charge in [-0.15, -0.1) is 0 Å².